The van der Waals surface area contributed by atoms with Crippen LogP contribution in [0.5, 0.6) is 5.75 Å². The number of rotatable bonds is 6. The quantitative estimate of drug-likeness (QED) is 0.552. The molecule has 1 unspecified atom stereocenters. The van der Waals surface area contributed by atoms with Crippen molar-refractivity contribution in [3.8, 4) is 17.1 Å². The highest BCUT2D eigenvalue weighted by atomic mass is 16.5. The Morgan fingerprint density at radius 2 is 1.94 bits per heavy atom. The van der Waals surface area contributed by atoms with Crippen LogP contribution in [0.25, 0.3) is 11.4 Å². The molecule has 3 amide bonds. The molecule has 9 nitrogen and oxygen atoms in total. The van der Waals surface area contributed by atoms with Crippen molar-refractivity contribution in [2.45, 2.75) is 19.4 Å². The zero-order chi connectivity index (χ0) is 22.3. The van der Waals surface area contributed by atoms with Crippen LogP contribution in [0, 0.1) is 5.92 Å². The number of carbonyl (C=O) groups is 2. The molecule has 9 heteroatoms. The lowest BCUT2D eigenvalue weighted by Crippen LogP contribution is -2.46. The minimum atomic E-state index is -0.255. The first-order chi connectivity index (χ1) is 15.6. The Hall–Kier alpha value is -3.88. The van der Waals surface area contributed by atoms with Crippen LogP contribution in [0.1, 0.15) is 18.7 Å². The molecular weight excluding hydrogens is 408 g/mol. The molecule has 3 aromatic rings. The molecule has 3 N–H and O–H groups in total. The second-order valence-corrected chi connectivity index (χ2v) is 7.63. The van der Waals surface area contributed by atoms with E-state index < -0.39 is 0 Å². The zero-order valence-electron chi connectivity index (χ0n) is 17.9. The topological polar surface area (TPSA) is 112 Å². The average Bonchev–Trinajstić information content (AvgIpc) is 3.32. The average molecular weight is 435 g/mol. The number of aromatic amines is 1. The molecule has 0 aliphatic carbocycles. The summed E-state index contributed by atoms with van der Waals surface area (Å²) < 4.78 is 5.16. The number of hydrogen-bond acceptors (Lipinski definition) is 5. The molecule has 2 aromatic carbocycles. The predicted molar refractivity (Wildman–Crippen MR) is 120 cm³/mol. The van der Waals surface area contributed by atoms with Crippen molar-refractivity contribution in [3.63, 3.8) is 0 Å². The van der Waals surface area contributed by atoms with Crippen LogP contribution in [0.2, 0.25) is 0 Å². The summed E-state index contributed by atoms with van der Waals surface area (Å²) in [5.74, 6) is 1.53. The monoisotopic (exact) mass is 434 g/mol. The van der Waals surface area contributed by atoms with Gasteiger partial charge in [-0.1, -0.05) is 18.2 Å². The standard InChI is InChI=1S/C23H26N6O3/c1-32-19-11-9-16(10-12-19)21-26-20(27-28-21)14-24-22(30)17-6-5-13-29(15-17)23(31)25-18-7-3-2-4-8-18/h2-4,7-12,17H,5-6,13-15H2,1H3,(H,24,30)(H,25,31)(H,26,27,28). The number of benzene rings is 2. The molecule has 0 bridgehead atoms. The minimum absolute atomic E-state index is 0.0930. The highest BCUT2D eigenvalue weighted by Crippen LogP contribution is 2.20. The van der Waals surface area contributed by atoms with Gasteiger partial charge in [-0.05, 0) is 49.2 Å². The van der Waals surface area contributed by atoms with Crippen molar-refractivity contribution in [1.82, 2.24) is 25.4 Å². The smallest absolute Gasteiger partial charge is 0.321 e. The summed E-state index contributed by atoms with van der Waals surface area (Å²) in [4.78, 5) is 31.4. The molecule has 166 valence electrons. The van der Waals surface area contributed by atoms with E-state index in [0.29, 0.717) is 24.7 Å². The maximum absolute atomic E-state index is 12.7. The maximum Gasteiger partial charge on any atom is 0.321 e. The molecule has 0 spiro atoms. The van der Waals surface area contributed by atoms with E-state index >= 15 is 0 Å². The van der Waals surface area contributed by atoms with Crippen LogP contribution < -0.4 is 15.4 Å². The lowest BCUT2D eigenvalue weighted by atomic mass is 9.97. The fourth-order valence-corrected chi connectivity index (χ4v) is 3.66. The Kier molecular flexibility index (Phi) is 6.64. The van der Waals surface area contributed by atoms with Gasteiger partial charge in [0, 0.05) is 24.3 Å². The van der Waals surface area contributed by atoms with E-state index in [9.17, 15) is 9.59 Å². The number of H-pyrrole nitrogens is 1. The summed E-state index contributed by atoms with van der Waals surface area (Å²) >= 11 is 0. The van der Waals surface area contributed by atoms with Gasteiger partial charge < -0.3 is 20.3 Å². The number of hydrogen-bond donors (Lipinski definition) is 3. The number of methoxy groups -OCH3 is 1. The van der Waals surface area contributed by atoms with Crippen LogP contribution >= 0.6 is 0 Å². The summed E-state index contributed by atoms with van der Waals surface area (Å²) in [6.07, 6.45) is 1.53. The highest BCUT2D eigenvalue weighted by Gasteiger charge is 2.28. The van der Waals surface area contributed by atoms with E-state index in [1.807, 2.05) is 54.6 Å². The predicted octanol–water partition coefficient (Wildman–Crippen LogP) is 3.04. The number of anilines is 1. The van der Waals surface area contributed by atoms with Crippen LogP contribution in [0.4, 0.5) is 10.5 Å². The van der Waals surface area contributed by atoms with Crippen LogP contribution in [0.3, 0.4) is 0 Å². The lowest BCUT2D eigenvalue weighted by Gasteiger charge is -2.32. The Balaban J connectivity index is 1.29. The number of nitrogens with one attached hydrogen (secondary N) is 3. The van der Waals surface area contributed by atoms with Gasteiger partial charge in [-0.25, -0.2) is 9.78 Å². The molecule has 1 atom stereocenters. The number of amides is 3. The van der Waals surface area contributed by atoms with E-state index in [2.05, 4.69) is 25.8 Å². The zero-order valence-corrected chi connectivity index (χ0v) is 17.9. The highest BCUT2D eigenvalue weighted by molar-refractivity contribution is 5.90. The van der Waals surface area contributed by atoms with Gasteiger partial charge >= 0.3 is 6.03 Å². The Labute approximate surface area is 186 Å². The van der Waals surface area contributed by atoms with Gasteiger partial charge in [0.05, 0.1) is 19.6 Å². The number of urea groups is 1. The lowest BCUT2D eigenvalue weighted by molar-refractivity contribution is -0.126. The number of carbonyl (C=O) groups excluding carboxylic acids is 2. The van der Waals surface area contributed by atoms with Gasteiger partial charge in [-0.3, -0.25) is 9.89 Å². The fourth-order valence-electron chi connectivity index (χ4n) is 3.66. The molecule has 0 saturated carbocycles. The molecule has 4 rings (SSSR count). The number of ether oxygens (including phenoxy) is 1. The summed E-state index contributed by atoms with van der Waals surface area (Å²) in [6, 6.07) is 16.6. The van der Waals surface area contributed by atoms with Gasteiger partial charge in [0.25, 0.3) is 0 Å². The van der Waals surface area contributed by atoms with Gasteiger partial charge in [-0.15, -0.1) is 0 Å². The van der Waals surface area contributed by atoms with Gasteiger partial charge in [0.2, 0.25) is 5.91 Å². The SMILES string of the molecule is COc1ccc(-c2n[nH]c(CNC(=O)C3CCCN(C(=O)Nc4ccccc4)C3)n2)cc1. The number of aromatic nitrogens is 3. The van der Waals surface area contributed by atoms with Crippen molar-refractivity contribution in [3.05, 3.63) is 60.4 Å². The molecule has 32 heavy (non-hydrogen) atoms. The first kappa shape index (κ1) is 21.4. The molecule has 1 fully saturated rings. The molecule has 1 aromatic heterocycles. The van der Waals surface area contributed by atoms with E-state index in [-0.39, 0.29) is 24.4 Å². The summed E-state index contributed by atoms with van der Waals surface area (Å²) in [5, 5.41) is 12.9. The number of likely N-dealkylation sites (tertiary alicyclic amines) is 1. The third-order valence-corrected chi connectivity index (χ3v) is 5.41. The van der Waals surface area contributed by atoms with Crippen molar-refractivity contribution in [2.75, 3.05) is 25.5 Å². The summed E-state index contributed by atoms with van der Waals surface area (Å²) in [5.41, 5.74) is 1.59. The normalized spacial score (nSPS) is 15.8. The van der Waals surface area contributed by atoms with Gasteiger partial charge in [0.1, 0.15) is 11.6 Å². The molecule has 1 aliphatic rings. The maximum atomic E-state index is 12.7. The first-order valence-corrected chi connectivity index (χ1v) is 10.6. The van der Waals surface area contributed by atoms with Crippen molar-refractivity contribution in [1.29, 1.82) is 0 Å². The molecule has 0 radical (unpaired) electrons. The second kappa shape index (κ2) is 9.95. The molecular formula is C23H26N6O3. The third kappa shape index (κ3) is 5.23. The van der Waals surface area contributed by atoms with Crippen molar-refractivity contribution in [2.24, 2.45) is 5.92 Å². The molecule has 2 heterocycles. The minimum Gasteiger partial charge on any atom is -0.497 e. The largest absolute Gasteiger partial charge is 0.497 e. The van der Waals surface area contributed by atoms with Crippen molar-refractivity contribution < 1.29 is 14.3 Å². The number of para-hydroxylation sites is 1. The van der Waals surface area contributed by atoms with Crippen LogP contribution in [-0.2, 0) is 11.3 Å². The van der Waals surface area contributed by atoms with E-state index in [0.717, 1.165) is 29.8 Å². The van der Waals surface area contributed by atoms with Crippen LogP contribution in [0.15, 0.2) is 54.6 Å². The Bertz CT molecular complexity index is 1050. The van der Waals surface area contributed by atoms with Gasteiger partial charge in [-0.2, -0.15) is 5.10 Å². The third-order valence-electron chi connectivity index (χ3n) is 5.41. The summed E-state index contributed by atoms with van der Waals surface area (Å²) in [6.45, 7) is 1.27. The second-order valence-electron chi connectivity index (χ2n) is 7.63. The fraction of sp³-hybridized carbons (Fsp3) is 0.304. The number of piperidine rings is 1. The molecule has 1 saturated heterocycles. The first-order valence-electron chi connectivity index (χ1n) is 10.6. The van der Waals surface area contributed by atoms with E-state index in [4.69, 9.17) is 4.74 Å². The Morgan fingerprint density at radius 3 is 2.69 bits per heavy atom. The van der Waals surface area contributed by atoms with Gasteiger partial charge in [0.15, 0.2) is 5.82 Å². The van der Waals surface area contributed by atoms with Crippen molar-refractivity contribution >= 4 is 17.6 Å². The Morgan fingerprint density at radius 1 is 1.16 bits per heavy atom. The van der Waals surface area contributed by atoms with E-state index in [1.54, 1.807) is 12.0 Å². The summed E-state index contributed by atoms with van der Waals surface area (Å²) in [7, 11) is 1.61. The molecule has 1 aliphatic heterocycles. The van der Waals surface area contributed by atoms with E-state index in [1.165, 1.54) is 0 Å². The van der Waals surface area contributed by atoms with Crippen LogP contribution in [-0.4, -0.2) is 52.2 Å². The number of nitrogens with zero attached hydrogens (tertiary/aromatic N) is 3.